The standard InChI is InChI=1S/C19H28N2O.ClH/c1-13-8-14(2)10-16(9-13)11-15(3)21-18(22)17-12-19(17)4-6-20-7-5-19;/h8-10,15,17,20H,4-7,11-12H2,1-3H3,(H,21,22);1H. The lowest BCUT2D eigenvalue weighted by molar-refractivity contribution is -0.123. The summed E-state index contributed by atoms with van der Waals surface area (Å²) in [5.74, 6) is 0.537. The number of rotatable bonds is 4. The average molecular weight is 337 g/mol. The van der Waals surface area contributed by atoms with E-state index in [0.29, 0.717) is 5.41 Å². The number of aryl methyl sites for hydroxylation is 2. The highest BCUT2D eigenvalue weighted by atomic mass is 35.5. The predicted octanol–water partition coefficient (Wildman–Crippen LogP) is 3.16. The first-order valence-corrected chi connectivity index (χ1v) is 8.57. The zero-order chi connectivity index (χ0) is 15.7. The molecule has 3 rings (SSSR count). The van der Waals surface area contributed by atoms with E-state index in [-0.39, 0.29) is 30.3 Å². The van der Waals surface area contributed by atoms with Crippen LogP contribution in [-0.2, 0) is 11.2 Å². The van der Waals surface area contributed by atoms with Gasteiger partial charge in [0.05, 0.1) is 0 Å². The van der Waals surface area contributed by atoms with Gasteiger partial charge in [0.2, 0.25) is 5.91 Å². The number of halogens is 1. The molecule has 2 atom stereocenters. The zero-order valence-electron chi connectivity index (χ0n) is 14.4. The van der Waals surface area contributed by atoms with Gasteiger partial charge in [-0.2, -0.15) is 0 Å². The van der Waals surface area contributed by atoms with Crippen molar-refractivity contribution in [2.24, 2.45) is 11.3 Å². The summed E-state index contributed by atoms with van der Waals surface area (Å²) in [7, 11) is 0. The van der Waals surface area contributed by atoms with Crippen molar-refractivity contribution in [3.63, 3.8) is 0 Å². The SMILES string of the molecule is Cc1cc(C)cc(CC(C)NC(=O)C2CC23CCNCC3)c1.Cl. The van der Waals surface area contributed by atoms with Gasteiger partial charge in [-0.15, -0.1) is 12.4 Å². The molecule has 1 saturated carbocycles. The van der Waals surface area contributed by atoms with E-state index in [0.717, 1.165) is 38.8 Å². The van der Waals surface area contributed by atoms with E-state index in [1.54, 1.807) is 0 Å². The molecule has 0 radical (unpaired) electrons. The Morgan fingerprint density at radius 3 is 2.48 bits per heavy atom. The second-order valence-electron chi connectivity index (χ2n) is 7.48. The number of piperidine rings is 1. The fourth-order valence-electron chi connectivity index (χ4n) is 4.13. The molecule has 1 heterocycles. The van der Waals surface area contributed by atoms with Gasteiger partial charge in [0, 0.05) is 12.0 Å². The van der Waals surface area contributed by atoms with Crippen molar-refractivity contribution in [2.45, 2.75) is 52.5 Å². The van der Waals surface area contributed by atoms with Crippen LogP contribution < -0.4 is 10.6 Å². The maximum absolute atomic E-state index is 12.5. The molecule has 23 heavy (non-hydrogen) atoms. The van der Waals surface area contributed by atoms with Crippen LogP contribution in [0.2, 0.25) is 0 Å². The van der Waals surface area contributed by atoms with Crippen molar-refractivity contribution in [2.75, 3.05) is 13.1 Å². The van der Waals surface area contributed by atoms with Crippen molar-refractivity contribution in [1.29, 1.82) is 0 Å². The number of hydrogen-bond donors (Lipinski definition) is 2. The number of carbonyl (C=O) groups excluding carboxylic acids is 1. The van der Waals surface area contributed by atoms with Gasteiger partial charge in [0.15, 0.2) is 0 Å². The third-order valence-corrected chi connectivity index (χ3v) is 5.32. The van der Waals surface area contributed by atoms with E-state index >= 15 is 0 Å². The van der Waals surface area contributed by atoms with Crippen molar-refractivity contribution in [3.05, 3.63) is 34.9 Å². The summed E-state index contributed by atoms with van der Waals surface area (Å²) in [5, 5.41) is 6.63. The Kier molecular flexibility index (Phi) is 5.74. The number of carbonyl (C=O) groups is 1. The van der Waals surface area contributed by atoms with Crippen molar-refractivity contribution in [3.8, 4) is 0 Å². The van der Waals surface area contributed by atoms with E-state index in [9.17, 15) is 4.79 Å². The topological polar surface area (TPSA) is 41.1 Å². The molecular weight excluding hydrogens is 308 g/mol. The van der Waals surface area contributed by atoms with Crippen LogP contribution in [0.5, 0.6) is 0 Å². The summed E-state index contributed by atoms with van der Waals surface area (Å²) in [6, 6.07) is 6.84. The highest BCUT2D eigenvalue weighted by Crippen LogP contribution is 2.58. The minimum absolute atomic E-state index is 0. The number of nitrogens with one attached hydrogen (secondary N) is 2. The summed E-state index contributed by atoms with van der Waals surface area (Å²) in [6.07, 6.45) is 4.33. The third-order valence-electron chi connectivity index (χ3n) is 5.32. The highest BCUT2D eigenvalue weighted by molar-refractivity contribution is 5.85. The molecule has 2 aliphatic rings. The molecule has 1 aliphatic carbocycles. The fourth-order valence-corrected chi connectivity index (χ4v) is 4.13. The molecule has 0 bridgehead atoms. The Balaban J connectivity index is 0.00000192. The van der Waals surface area contributed by atoms with Gasteiger partial charge >= 0.3 is 0 Å². The van der Waals surface area contributed by atoms with Gasteiger partial charge in [0.1, 0.15) is 0 Å². The first-order chi connectivity index (χ1) is 10.5. The Hall–Kier alpha value is -1.06. The van der Waals surface area contributed by atoms with Crippen molar-refractivity contribution < 1.29 is 4.79 Å². The molecule has 1 spiro atoms. The van der Waals surface area contributed by atoms with Crippen LogP contribution >= 0.6 is 12.4 Å². The quantitative estimate of drug-likeness (QED) is 0.886. The van der Waals surface area contributed by atoms with Crippen LogP contribution in [0.15, 0.2) is 18.2 Å². The summed E-state index contributed by atoms with van der Waals surface area (Å²) < 4.78 is 0. The minimum atomic E-state index is 0. The van der Waals surface area contributed by atoms with E-state index in [4.69, 9.17) is 0 Å². The second kappa shape index (κ2) is 7.23. The lowest BCUT2D eigenvalue weighted by Crippen LogP contribution is -2.38. The second-order valence-corrected chi connectivity index (χ2v) is 7.48. The number of benzene rings is 1. The van der Waals surface area contributed by atoms with Gasteiger partial charge in [-0.05, 0) is 70.5 Å². The molecule has 1 aromatic carbocycles. The Morgan fingerprint density at radius 1 is 1.26 bits per heavy atom. The van der Waals surface area contributed by atoms with Crippen molar-refractivity contribution in [1.82, 2.24) is 10.6 Å². The fraction of sp³-hybridized carbons (Fsp3) is 0.632. The van der Waals surface area contributed by atoms with Crippen LogP contribution in [0.1, 0.15) is 42.9 Å². The maximum Gasteiger partial charge on any atom is 0.223 e. The lowest BCUT2D eigenvalue weighted by Gasteiger charge is -2.23. The molecule has 2 fully saturated rings. The van der Waals surface area contributed by atoms with E-state index in [1.807, 2.05) is 0 Å². The Morgan fingerprint density at radius 2 is 1.87 bits per heavy atom. The van der Waals surface area contributed by atoms with Gasteiger partial charge in [-0.3, -0.25) is 4.79 Å². The first kappa shape index (κ1) is 18.3. The van der Waals surface area contributed by atoms with Crippen LogP contribution in [0.25, 0.3) is 0 Å². The summed E-state index contributed by atoms with van der Waals surface area (Å²) in [6.45, 7) is 8.52. The van der Waals surface area contributed by atoms with Crippen LogP contribution in [0.4, 0.5) is 0 Å². The summed E-state index contributed by atoms with van der Waals surface area (Å²) >= 11 is 0. The Bertz CT molecular complexity index is 546. The van der Waals surface area contributed by atoms with Gasteiger partial charge in [0.25, 0.3) is 0 Å². The predicted molar refractivity (Wildman–Crippen MR) is 97.1 cm³/mol. The monoisotopic (exact) mass is 336 g/mol. The van der Waals surface area contributed by atoms with Gasteiger partial charge in [-0.25, -0.2) is 0 Å². The van der Waals surface area contributed by atoms with Crippen LogP contribution in [0, 0.1) is 25.2 Å². The van der Waals surface area contributed by atoms with Crippen molar-refractivity contribution >= 4 is 18.3 Å². The van der Waals surface area contributed by atoms with E-state index < -0.39 is 0 Å². The molecule has 2 N–H and O–H groups in total. The minimum Gasteiger partial charge on any atom is -0.353 e. The third kappa shape index (κ3) is 4.27. The van der Waals surface area contributed by atoms with Crippen LogP contribution in [-0.4, -0.2) is 25.0 Å². The largest absolute Gasteiger partial charge is 0.353 e. The van der Waals surface area contributed by atoms with Gasteiger partial charge < -0.3 is 10.6 Å². The van der Waals surface area contributed by atoms with E-state index in [1.165, 1.54) is 16.7 Å². The molecular formula is C19H29ClN2O. The summed E-state index contributed by atoms with van der Waals surface area (Å²) in [5.41, 5.74) is 4.24. The van der Waals surface area contributed by atoms with E-state index in [2.05, 4.69) is 49.6 Å². The summed E-state index contributed by atoms with van der Waals surface area (Å²) in [4.78, 5) is 12.5. The number of amides is 1. The highest BCUT2D eigenvalue weighted by Gasteiger charge is 2.57. The average Bonchev–Trinajstić information content (AvgIpc) is 3.11. The molecule has 1 amide bonds. The smallest absolute Gasteiger partial charge is 0.223 e. The zero-order valence-corrected chi connectivity index (χ0v) is 15.3. The molecule has 4 heteroatoms. The molecule has 3 nitrogen and oxygen atoms in total. The molecule has 2 unspecified atom stereocenters. The lowest BCUT2D eigenvalue weighted by atomic mass is 9.91. The first-order valence-electron chi connectivity index (χ1n) is 8.57. The normalized spacial score (nSPS) is 23.0. The molecule has 0 aromatic heterocycles. The number of hydrogen-bond acceptors (Lipinski definition) is 2. The molecule has 128 valence electrons. The molecule has 1 aromatic rings. The Labute approximate surface area is 146 Å². The molecule has 1 aliphatic heterocycles. The molecule has 1 saturated heterocycles. The maximum atomic E-state index is 12.5. The van der Waals surface area contributed by atoms with Crippen LogP contribution in [0.3, 0.4) is 0 Å². The van der Waals surface area contributed by atoms with Gasteiger partial charge in [-0.1, -0.05) is 29.3 Å².